The van der Waals surface area contributed by atoms with Gasteiger partial charge < -0.3 is 0 Å². The van der Waals surface area contributed by atoms with Crippen molar-refractivity contribution in [2.24, 2.45) is 5.41 Å². The number of rotatable bonds is 2. The van der Waals surface area contributed by atoms with E-state index in [0.29, 0.717) is 5.57 Å². The highest BCUT2D eigenvalue weighted by Gasteiger charge is 2.14. The van der Waals surface area contributed by atoms with Gasteiger partial charge in [-0.3, -0.25) is 0 Å². The van der Waals surface area contributed by atoms with Crippen molar-refractivity contribution in [1.29, 1.82) is 0 Å². The fourth-order valence-corrected chi connectivity index (χ4v) is 1.01. The van der Waals surface area contributed by atoms with Gasteiger partial charge in [0.15, 0.2) is 0 Å². The molecular weight excluding hydrogens is 175 g/mol. The standard InChI is InChI=1S/C13H21F/c1-9(2)12(14)8-10(3)11(4)13(5,6)7/h8H,1H2,2-7H3/b11-10+,12-8+. The molecule has 0 aliphatic heterocycles. The van der Waals surface area contributed by atoms with Crippen molar-refractivity contribution in [3.05, 3.63) is 35.2 Å². The Morgan fingerprint density at radius 1 is 1.14 bits per heavy atom. The molecule has 0 nitrogen and oxygen atoms in total. The second-order valence-electron chi connectivity index (χ2n) is 4.83. The lowest BCUT2D eigenvalue weighted by molar-refractivity contribution is 0.499. The maximum atomic E-state index is 13.3. The van der Waals surface area contributed by atoms with Crippen LogP contribution in [-0.4, -0.2) is 0 Å². The number of halogens is 1. The average Bonchev–Trinajstić information content (AvgIpc) is 2.00. The van der Waals surface area contributed by atoms with Crippen LogP contribution in [0.25, 0.3) is 0 Å². The molecule has 0 saturated heterocycles. The van der Waals surface area contributed by atoms with Crippen molar-refractivity contribution in [3.8, 4) is 0 Å². The normalized spacial score (nSPS) is 15.2. The molecule has 80 valence electrons. The van der Waals surface area contributed by atoms with Gasteiger partial charge in [-0.05, 0) is 43.4 Å². The summed E-state index contributed by atoms with van der Waals surface area (Å²) < 4.78 is 13.3. The summed E-state index contributed by atoms with van der Waals surface area (Å²) in [5, 5.41) is 0. The molecule has 0 aromatic heterocycles. The summed E-state index contributed by atoms with van der Waals surface area (Å²) in [5.41, 5.74) is 2.76. The SMILES string of the molecule is C=C(C)/C(F)=C\C(C)=C(/C)C(C)(C)C. The average molecular weight is 196 g/mol. The van der Waals surface area contributed by atoms with Gasteiger partial charge in [0.05, 0.1) is 0 Å². The molecule has 0 saturated carbocycles. The van der Waals surface area contributed by atoms with Gasteiger partial charge >= 0.3 is 0 Å². The highest BCUT2D eigenvalue weighted by atomic mass is 19.1. The third-order valence-corrected chi connectivity index (χ3v) is 2.47. The molecule has 0 aromatic carbocycles. The Balaban J connectivity index is 5.05. The molecular formula is C13H21F. The monoisotopic (exact) mass is 196 g/mol. The van der Waals surface area contributed by atoms with E-state index in [2.05, 4.69) is 27.4 Å². The largest absolute Gasteiger partial charge is 0.207 e. The van der Waals surface area contributed by atoms with Gasteiger partial charge in [-0.25, -0.2) is 4.39 Å². The van der Waals surface area contributed by atoms with E-state index in [0.717, 1.165) is 5.57 Å². The molecule has 0 amide bonds. The predicted molar refractivity (Wildman–Crippen MR) is 61.8 cm³/mol. The molecule has 0 heterocycles. The van der Waals surface area contributed by atoms with Crippen LogP contribution >= 0.6 is 0 Å². The van der Waals surface area contributed by atoms with Gasteiger partial charge in [0, 0.05) is 0 Å². The van der Waals surface area contributed by atoms with Gasteiger partial charge in [0.1, 0.15) is 5.83 Å². The fraction of sp³-hybridized carbons (Fsp3) is 0.538. The predicted octanol–water partition coefficient (Wildman–Crippen LogP) is 4.80. The van der Waals surface area contributed by atoms with Gasteiger partial charge in [-0.1, -0.05) is 32.9 Å². The van der Waals surface area contributed by atoms with Crippen molar-refractivity contribution in [2.75, 3.05) is 0 Å². The molecule has 14 heavy (non-hydrogen) atoms. The number of hydrogen-bond acceptors (Lipinski definition) is 0. The van der Waals surface area contributed by atoms with Gasteiger partial charge in [0.25, 0.3) is 0 Å². The molecule has 0 aliphatic carbocycles. The van der Waals surface area contributed by atoms with Crippen molar-refractivity contribution in [3.63, 3.8) is 0 Å². The second kappa shape index (κ2) is 4.59. The van der Waals surface area contributed by atoms with E-state index < -0.39 is 0 Å². The summed E-state index contributed by atoms with van der Waals surface area (Å²) >= 11 is 0. The first-order valence-corrected chi connectivity index (χ1v) is 4.87. The summed E-state index contributed by atoms with van der Waals surface area (Å²) in [6.07, 6.45) is 1.56. The number of hydrogen-bond donors (Lipinski definition) is 0. The Morgan fingerprint density at radius 2 is 1.57 bits per heavy atom. The van der Waals surface area contributed by atoms with Crippen LogP contribution in [0, 0.1) is 5.41 Å². The first-order chi connectivity index (χ1) is 6.16. The Labute approximate surface area is 87.2 Å². The van der Waals surface area contributed by atoms with E-state index in [1.165, 1.54) is 5.57 Å². The Hall–Kier alpha value is -0.850. The molecule has 0 aliphatic rings. The smallest absolute Gasteiger partial charge is 0.125 e. The van der Waals surface area contributed by atoms with Crippen LogP contribution in [-0.2, 0) is 0 Å². The summed E-state index contributed by atoms with van der Waals surface area (Å²) in [6, 6.07) is 0. The van der Waals surface area contributed by atoms with E-state index in [9.17, 15) is 4.39 Å². The van der Waals surface area contributed by atoms with Gasteiger partial charge in [-0.2, -0.15) is 0 Å². The molecule has 0 atom stereocenters. The highest BCUT2D eigenvalue weighted by molar-refractivity contribution is 5.33. The Morgan fingerprint density at radius 3 is 1.86 bits per heavy atom. The molecule has 0 bridgehead atoms. The lowest BCUT2D eigenvalue weighted by Crippen LogP contribution is -2.08. The van der Waals surface area contributed by atoms with E-state index in [1.54, 1.807) is 13.0 Å². The van der Waals surface area contributed by atoms with Crippen LogP contribution in [0.2, 0.25) is 0 Å². The minimum absolute atomic E-state index is 0.0932. The van der Waals surface area contributed by atoms with E-state index in [4.69, 9.17) is 0 Å². The zero-order valence-corrected chi connectivity index (χ0v) is 10.2. The van der Waals surface area contributed by atoms with E-state index in [-0.39, 0.29) is 11.2 Å². The van der Waals surface area contributed by atoms with Crippen LogP contribution < -0.4 is 0 Å². The summed E-state index contributed by atoms with van der Waals surface area (Å²) in [4.78, 5) is 0. The third-order valence-electron chi connectivity index (χ3n) is 2.47. The quantitative estimate of drug-likeness (QED) is 0.556. The molecule has 0 unspecified atom stereocenters. The summed E-state index contributed by atoms with van der Waals surface area (Å²) in [6.45, 7) is 15.6. The minimum Gasteiger partial charge on any atom is -0.207 e. The van der Waals surface area contributed by atoms with Crippen molar-refractivity contribution < 1.29 is 4.39 Å². The lowest BCUT2D eigenvalue weighted by Gasteiger charge is -2.21. The van der Waals surface area contributed by atoms with Crippen LogP contribution in [0.3, 0.4) is 0 Å². The van der Waals surface area contributed by atoms with E-state index in [1.807, 2.05) is 13.8 Å². The molecule has 0 rings (SSSR count). The summed E-state index contributed by atoms with van der Waals surface area (Å²) in [7, 11) is 0. The molecule has 1 heteroatoms. The topological polar surface area (TPSA) is 0 Å². The Bertz CT molecular complexity index is 285. The first-order valence-electron chi connectivity index (χ1n) is 4.87. The molecule has 0 spiro atoms. The van der Waals surface area contributed by atoms with Crippen molar-refractivity contribution in [2.45, 2.75) is 41.5 Å². The third kappa shape index (κ3) is 3.91. The lowest BCUT2D eigenvalue weighted by atomic mass is 9.84. The number of allylic oxidation sites excluding steroid dienone is 5. The van der Waals surface area contributed by atoms with Crippen molar-refractivity contribution in [1.82, 2.24) is 0 Å². The second-order valence-corrected chi connectivity index (χ2v) is 4.83. The fourth-order valence-electron chi connectivity index (χ4n) is 1.01. The van der Waals surface area contributed by atoms with Crippen LogP contribution in [0.4, 0.5) is 4.39 Å². The van der Waals surface area contributed by atoms with Gasteiger partial charge in [0.2, 0.25) is 0 Å². The zero-order chi connectivity index (χ0) is 11.5. The van der Waals surface area contributed by atoms with Crippen molar-refractivity contribution >= 4 is 0 Å². The van der Waals surface area contributed by atoms with Crippen LogP contribution in [0.1, 0.15) is 41.5 Å². The highest BCUT2D eigenvalue weighted by Crippen LogP contribution is 2.28. The molecule has 0 aromatic rings. The maximum absolute atomic E-state index is 13.3. The first kappa shape index (κ1) is 13.2. The van der Waals surface area contributed by atoms with Crippen LogP contribution in [0.15, 0.2) is 35.2 Å². The zero-order valence-electron chi connectivity index (χ0n) is 10.2. The molecule has 0 N–H and O–H groups in total. The van der Waals surface area contributed by atoms with Crippen LogP contribution in [0.5, 0.6) is 0 Å². The maximum Gasteiger partial charge on any atom is 0.125 e. The molecule has 0 fully saturated rings. The Kier molecular flexibility index (Phi) is 4.31. The molecule has 0 radical (unpaired) electrons. The summed E-state index contributed by atoms with van der Waals surface area (Å²) in [5.74, 6) is -0.230. The minimum atomic E-state index is -0.230. The van der Waals surface area contributed by atoms with E-state index >= 15 is 0 Å². The van der Waals surface area contributed by atoms with Gasteiger partial charge in [-0.15, -0.1) is 0 Å².